The molecular weight excluding hydrogens is 354 g/mol. The molecule has 2 aromatic carbocycles. The number of rotatable bonds is 10. The molecule has 0 saturated heterocycles. The average molecular weight is 381 g/mol. The molecule has 0 saturated carbocycles. The van der Waals surface area contributed by atoms with Crippen LogP contribution in [0.15, 0.2) is 66.7 Å². The van der Waals surface area contributed by atoms with E-state index in [1.807, 2.05) is 66.7 Å². The Morgan fingerprint density at radius 3 is 2.14 bits per heavy atom. The zero-order valence-corrected chi connectivity index (χ0v) is 16.4. The van der Waals surface area contributed by atoms with Gasteiger partial charge in [-0.2, -0.15) is 0 Å². The molecule has 148 valence electrons. The van der Waals surface area contributed by atoms with Gasteiger partial charge in [-0.15, -0.1) is 0 Å². The average Bonchev–Trinajstić information content (AvgIpc) is 2.70. The number of carbonyl (C=O) groups is 2. The molecule has 2 aromatic rings. The molecule has 2 rings (SSSR count). The highest BCUT2D eigenvalue weighted by Crippen LogP contribution is 2.13. The van der Waals surface area contributed by atoms with Crippen molar-refractivity contribution >= 4 is 18.0 Å². The molecule has 5 nitrogen and oxygen atoms in total. The summed E-state index contributed by atoms with van der Waals surface area (Å²) in [7, 11) is 0. The molecule has 0 aliphatic carbocycles. The van der Waals surface area contributed by atoms with Crippen LogP contribution in [0.5, 0.6) is 0 Å². The second kappa shape index (κ2) is 11.7. The standard InChI is InChI=1S/C23H27NO4/c1-3-27-22(25)18-24(17-20-13-9-6-10-14-20)21(23(26)28-4-2)16-15-19-11-7-5-8-12-19/h5-16,21H,3-4,17-18H2,1-2H3/b16-15+/t21-/m1/s1. The summed E-state index contributed by atoms with van der Waals surface area (Å²) in [5, 5.41) is 0. The molecule has 28 heavy (non-hydrogen) atoms. The molecular formula is C23H27NO4. The normalized spacial score (nSPS) is 12.1. The van der Waals surface area contributed by atoms with Crippen LogP contribution in [0.1, 0.15) is 25.0 Å². The van der Waals surface area contributed by atoms with Crippen molar-refractivity contribution in [1.29, 1.82) is 0 Å². The molecule has 0 aliphatic rings. The fraction of sp³-hybridized carbons (Fsp3) is 0.304. The minimum Gasteiger partial charge on any atom is -0.465 e. The molecule has 0 aromatic heterocycles. The number of benzene rings is 2. The van der Waals surface area contributed by atoms with E-state index in [1.54, 1.807) is 24.8 Å². The Balaban J connectivity index is 2.30. The third-order valence-electron chi connectivity index (χ3n) is 4.06. The Kier molecular flexibility index (Phi) is 8.95. The van der Waals surface area contributed by atoms with E-state index in [2.05, 4.69) is 0 Å². The van der Waals surface area contributed by atoms with Crippen LogP contribution in [-0.4, -0.2) is 42.6 Å². The van der Waals surface area contributed by atoms with Crippen molar-refractivity contribution < 1.29 is 19.1 Å². The molecule has 0 radical (unpaired) electrons. The Morgan fingerprint density at radius 2 is 1.54 bits per heavy atom. The first-order valence-electron chi connectivity index (χ1n) is 9.47. The van der Waals surface area contributed by atoms with Gasteiger partial charge >= 0.3 is 11.9 Å². The van der Waals surface area contributed by atoms with Gasteiger partial charge in [0.25, 0.3) is 0 Å². The summed E-state index contributed by atoms with van der Waals surface area (Å²) >= 11 is 0. The molecule has 0 N–H and O–H groups in total. The third kappa shape index (κ3) is 7.00. The Labute approximate surface area is 166 Å². The first-order valence-corrected chi connectivity index (χ1v) is 9.47. The van der Waals surface area contributed by atoms with E-state index in [0.717, 1.165) is 11.1 Å². The van der Waals surface area contributed by atoms with Gasteiger partial charge in [0.2, 0.25) is 0 Å². The fourth-order valence-electron chi connectivity index (χ4n) is 2.79. The molecule has 0 bridgehead atoms. The van der Waals surface area contributed by atoms with Crippen LogP contribution in [0.4, 0.5) is 0 Å². The van der Waals surface area contributed by atoms with Crippen LogP contribution in [0.2, 0.25) is 0 Å². The number of carbonyl (C=O) groups excluding carboxylic acids is 2. The van der Waals surface area contributed by atoms with Crippen molar-refractivity contribution in [3.05, 3.63) is 77.9 Å². The predicted octanol–water partition coefficient (Wildman–Crippen LogP) is 3.70. The van der Waals surface area contributed by atoms with Crippen LogP contribution in [0.25, 0.3) is 6.08 Å². The van der Waals surface area contributed by atoms with E-state index in [9.17, 15) is 9.59 Å². The smallest absolute Gasteiger partial charge is 0.327 e. The largest absolute Gasteiger partial charge is 0.465 e. The summed E-state index contributed by atoms with van der Waals surface area (Å²) in [6, 6.07) is 18.7. The van der Waals surface area contributed by atoms with E-state index in [1.165, 1.54) is 0 Å². The van der Waals surface area contributed by atoms with Gasteiger partial charge in [-0.3, -0.25) is 14.5 Å². The maximum Gasteiger partial charge on any atom is 0.327 e. The number of nitrogens with zero attached hydrogens (tertiary/aromatic N) is 1. The van der Waals surface area contributed by atoms with Crippen molar-refractivity contribution in [2.75, 3.05) is 19.8 Å². The zero-order chi connectivity index (χ0) is 20.2. The molecule has 1 atom stereocenters. The van der Waals surface area contributed by atoms with Crippen molar-refractivity contribution in [2.24, 2.45) is 0 Å². The minimum absolute atomic E-state index is 0.00859. The first kappa shape index (κ1) is 21.4. The SMILES string of the molecule is CCOC(=O)CN(Cc1ccccc1)[C@H](/C=C/c1ccccc1)C(=O)OCC. The second-order valence-electron chi connectivity index (χ2n) is 6.16. The van der Waals surface area contributed by atoms with Crippen LogP contribution < -0.4 is 0 Å². The van der Waals surface area contributed by atoms with Gasteiger partial charge in [-0.25, -0.2) is 0 Å². The summed E-state index contributed by atoms with van der Waals surface area (Å²) in [6.07, 6.45) is 3.64. The lowest BCUT2D eigenvalue weighted by Crippen LogP contribution is -2.43. The highest BCUT2D eigenvalue weighted by atomic mass is 16.5. The molecule has 0 aliphatic heterocycles. The molecule has 0 spiro atoms. The van der Waals surface area contributed by atoms with Crippen molar-refractivity contribution in [3.63, 3.8) is 0 Å². The Morgan fingerprint density at radius 1 is 0.929 bits per heavy atom. The number of hydrogen-bond acceptors (Lipinski definition) is 5. The number of hydrogen-bond donors (Lipinski definition) is 0. The van der Waals surface area contributed by atoms with E-state index in [-0.39, 0.29) is 19.1 Å². The maximum absolute atomic E-state index is 12.7. The summed E-state index contributed by atoms with van der Waals surface area (Å²) in [5.74, 6) is -0.768. The summed E-state index contributed by atoms with van der Waals surface area (Å²) in [4.78, 5) is 26.6. The second-order valence-corrected chi connectivity index (χ2v) is 6.16. The fourth-order valence-corrected chi connectivity index (χ4v) is 2.79. The lowest BCUT2D eigenvalue weighted by atomic mass is 10.1. The molecule has 0 unspecified atom stereocenters. The summed E-state index contributed by atoms with van der Waals surface area (Å²) in [5.41, 5.74) is 1.96. The van der Waals surface area contributed by atoms with Crippen LogP contribution in [0, 0.1) is 0 Å². The molecule has 0 amide bonds. The molecule has 5 heteroatoms. The Bertz CT molecular complexity index is 759. The van der Waals surface area contributed by atoms with E-state index >= 15 is 0 Å². The van der Waals surface area contributed by atoms with Gasteiger partial charge in [0, 0.05) is 6.54 Å². The lowest BCUT2D eigenvalue weighted by Gasteiger charge is -2.27. The third-order valence-corrected chi connectivity index (χ3v) is 4.06. The highest BCUT2D eigenvalue weighted by molar-refractivity contribution is 5.81. The Hall–Kier alpha value is -2.92. The van der Waals surface area contributed by atoms with Crippen LogP contribution in [-0.2, 0) is 25.6 Å². The lowest BCUT2D eigenvalue weighted by molar-refractivity contribution is -0.151. The van der Waals surface area contributed by atoms with Crippen LogP contribution in [0.3, 0.4) is 0 Å². The van der Waals surface area contributed by atoms with Gasteiger partial charge in [-0.1, -0.05) is 72.8 Å². The van der Waals surface area contributed by atoms with Gasteiger partial charge in [0.05, 0.1) is 19.8 Å². The maximum atomic E-state index is 12.7. The zero-order valence-electron chi connectivity index (χ0n) is 16.4. The first-order chi connectivity index (χ1) is 13.6. The summed E-state index contributed by atoms with van der Waals surface area (Å²) in [6.45, 7) is 4.50. The van der Waals surface area contributed by atoms with Crippen molar-refractivity contribution in [2.45, 2.75) is 26.4 Å². The topological polar surface area (TPSA) is 55.8 Å². The molecule has 0 heterocycles. The van der Waals surface area contributed by atoms with E-state index in [4.69, 9.17) is 9.47 Å². The number of ether oxygens (including phenoxy) is 2. The monoisotopic (exact) mass is 381 g/mol. The van der Waals surface area contributed by atoms with E-state index in [0.29, 0.717) is 13.2 Å². The van der Waals surface area contributed by atoms with Crippen molar-refractivity contribution in [3.8, 4) is 0 Å². The van der Waals surface area contributed by atoms with Gasteiger partial charge in [-0.05, 0) is 25.0 Å². The van der Waals surface area contributed by atoms with E-state index < -0.39 is 12.0 Å². The number of esters is 2. The highest BCUT2D eigenvalue weighted by Gasteiger charge is 2.27. The van der Waals surface area contributed by atoms with Gasteiger partial charge in [0.15, 0.2) is 0 Å². The van der Waals surface area contributed by atoms with Gasteiger partial charge < -0.3 is 9.47 Å². The quantitative estimate of drug-likeness (QED) is 0.588. The minimum atomic E-state index is -0.704. The predicted molar refractivity (Wildman–Crippen MR) is 109 cm³/mol. The molecule has 0 fully saturated rings. The summed E-state index contributed by atoms with van der Waals surface area (Å²) < 4.78 is 10.4. The van der Waals surface area contributed by atoms with Crippen LogP contribution >= 0.6 is 0 Å². The van der Waals surface area contributed by atoms with Gasteiger partial charge in [0.1, 0.15) is 6.04 Å². The van der Waals surface area contributed by atoms with Crippen molar-refractivity contribution in [1.82, 2.24) is 4.90 Å².